The molecule has 0 saturated heterocycles. The molecule has 4 nitrogen and oxygen atoms in total. The third kappa shape index (κ3) is 6.25. The van der Waals surface area contributed by atoms with Crippen molar-refractivity contribution in [2.24, 2.45) is 11.8 Å². The highest BCUT2D eigenvalue weighted by Crippen LogP contribution is 2.32. The number of hydrogen-bond acceptors (Lipinski definition) is 4. The Morgan fingerprint density at radius 2 is 1.48 bits per heavy atom. The molecule has 176 valence electrons. The molecule has 1 saturated carbocycles. The summed E-state index contributed by atoms with van der Waals surface area (Å²) in [6.45, 7) is 2.50. The summed E-state index contributed by atoms with van der Waals surface area (Å²) in [4.78, 5) is 12.2. The highest BCUT2D eigenvalue weighted by molar-refractivity contribution is 5.91. The van der Waals surface area contributed by atoms with Crippen molar-refractivity contribution >= 4 is 5.97 Å². The van der Waals surface area contributed by atoms with Gasteiger partial charge in [0.2, 0.25) is 0 Å². The zero-order valence-corrected chi connectivity index (χ0v) is 18.3. The number of ether oxygens (including phenoxy) is 2. The van der Waals surface area contributed by atoms with E-state index in [4.69, 9.17) is 14.7 Å². The molecule has 0 spiro atoms. The maximum Gasteiger partial charge on any atom is 0.349 e. The second kappa shape index (κ2) is 11.2. The van der Waals surface area contributed by atoms with Crippen molar-refractivity contribution in [1.29, 1.82) is 5.26 Å². The molecule has 2 aromatic rings. The normalized spacial score (nSPS) is 17.9. The minimum absolute atomic E-state index is 0.0508. The van der Waals surface area contributed by atoms with Gasteiger partial charge >= 0.3 is 5.97 Å². The number of hydrogen-bond donors (Lipinski definition) is 0. The van der Waals surface area contributed by atoms with E-state index in [2.05, 4.69) is 6.92 Å². The molecule has 0 aliphatic heterocycles. The third-order valence-electron chi connectivity index (χ3n) is 5.98. The van der Waals surface area contributed by atoms with Crippen LogP contribution in [0.15, 0.2) is 24.3 Å². The number of nitriles is 1. The predicted octanol–water partition coefficient (Wildman–Crippen LogP) is 6.71. The Balaban J connectivity index is 1.61. The topological polar surface area (TPSA) is 59.3 Å². The Hall–Kier alpha value is -3.08. The van der Waals surface area contributed by atoms with Crippen LogP contribution in [-0.4, -0.2) is 12.6 Å². The number of unbranched alkanes of at least 4 members (excludes halogenated alkanes) is 1. The van der Waals surface area contributed by atoms with Crippen molar-refractivity contribution < 1.29 is 31.8 Å². The molecular formula is C25H25F4NO3. The molecule has 3 rings (SSSR count). The Morgan fingerprint density at radius 1 is 0.939 bits per heavy atom. The van der Waals surface area contributed by atoms with Gasteiger partial charge in [-0.2, -0.15) is 5.26 Å². The van der Waals surface area contributed by atoms with E-state index in [1.165, 1.54) is 25.3 Å². The first-order valence-electron chi connectivity index (χ1n) is 11.1. The first-order chi connectivity index (χ1) is 15.8. The van der Waals surface area contributed by atoms with E-state index in [0.29, 0.717) is 24.7 Å². The summed E-state index contributed by atoms with van der Waals surface area (Å²) in [7, 11) is 0. The van der Waals surface area contributed by atoms with Gasteiger partial charge in [0.25, 0.3) is 0 Å². The lowest BCUT2D eigenvalue weighted by molar-refractivity contribution is 0.0723. The summed E-state index contributed by atoms with van der Waals surface area (Å²) in [6, 6.07) is 4.26. The zero-order chi connectivity index (χ0) is 24.0. The minimum atomic E-state index is -1.47. The van der Waals surface area contributed by atoms with Crippen molar-refractivity contribution in [2.75, 3.05) is 6.61 Å². The van der Waals surface area contributed by atoms with E-state index in [1.54, 1.807) is 0 Å². The van der Waals surface area contributed by atoms with Crippen LogP contribution in [0.5, 0.6) is 11.5 Å². The number of rotatable bonds is 8. The fourth-order valence-corrected chi connectivity index (χ4v) is 4.10. The average molecular weight is 463 g/mol. The Kier molecular flexibility index (Phi) is 8.32. The second-order valence-corrected chi connectivity index (χ2v) is 8.37. The Bertz CT molecular complexity index is 996. The molecule has 0 radical (unpaired) electrons. The van der Waals surface area contributed by atoms with Crippen LogP contribution in [-0.2, 0) is 0 Å². The van der Waals surface area contributed by atoms with Crippen LogP contribution in [0.2, 0.25) is 0 Å². The molecule has 0 N–H and O–H groups in total. The monoisotopic (exact) mass is 463 g/mol. The van der Waals surface area contributed by atoms with Gasteiger partial charge in [-0.1, -0.05) is 39.0 Å². The number of carbonyl (C=O) groups excluding carboxylic acids is 1. The van der Waals surface area contributed by atoms with Crippen LogP contribution in [0.3, 0.4) is 0 Å². The predicted molar refractivity (Wildman–Crippen MR) is 113 cm³/mol. The Labute approximate surface area is 190 Å². The molecule has 1 fully saturated rings. The second-order valence-electron chi connectivity index (χ2n) is 8.37. The van der Waals surface area contributed by atoms with E-state index in [1.807, 2.05) is 0 Å². The molecular weight excluding hydrogens is 438 g/mol. The number of esters is 1. The highest BCUT2D eigenvalue weighted by atomic mass is 19.1. The standard InChI is InChI=1S/C25H25F4NO3/c1-2-3-4-15-5-7-16(8-6-15)14-32-17-9-22(28)24(23(29)10-17)25(31)33-18-11-20(26)19(13-30)21(27)12-18/h9-12,15-16H,2-8,14H2,1H3. The van der Waals surface area contributed by atoms with Gasteiger partial charge < -0.3 is 9.47 Å². The number of halogens is 4. The molecule has 0 bridgehead atoms. The lowest BCUT2D eigenvalue weighted by atomic mass is 9.80. The van der Waals surface area contributed by atoms with Gasteiger partial charge in [-0.3, -0.25) is 0 Å². The van der Waals surface area contributed by atoms with Crippen LogP contribution >= 0.6 is 0 Å². The molecule has 0 atom stereocenters. The van der Waals surface area contributed by atoms with E-state index in [0.717, 1.165) is 43.7 Å². The average Bonchev–Trinajstić information content (AvgIpc) is 2.76. The zero-order valence-electron chi connectivity index (χ0n) is 18.3. The summed E-state index contributed by atoms with van der Waals surface area (Å²) >= 11 is 0. The summed E-state index contributed by atoms with van der Waals surface area (Å²) in [5.41, 5.74) is -1.87. The van der Waals surface area contributed by atoms with Crippen molar-refractivity contribution in [1.82, 2.24) is 0 Å². The fourth-order valence-electron chi connectivity index (χ4n) is 4.10. The summed E-state index contributed by atoms with van der Waals surface area (Å²) < 4.78 is 66.6. The molecule has 1 aliphatic rings. The minimum Gasteiger partial charge on any atom is -0.493 e. The van der Waals surface area contributed by atoms with Crippen LogP contribution < -0.4 is 9.47 Å². The van der Waals surface area contributed by atoms with E-state index >= 15 is 0 Å². The summed E-state index contributed by atoms with van der Waals surface area (Å²) in [6.07, 6.45) is 7.90. The molecule has 1 aliphatic carbocycles. The fraction of sp³-hybridized carbons (Fsp3) is 0.440. The van der Waals surface area contributed by atoms with Crippen molar-refractivity contribution in [3.8, 4) is 17.6 Å². The number of benzene rings is 2. The van der Waals surface area contributed by atoms with Gasteiger partial charge in [0.1, 0.15) is 52.0 Å². The third-order valence-corrected chi connectivity index (χ3v) is 5.98. The molecule has 2 aromatic carbocycles. The number of nitrogens with zero attached hydrogens (tertiary/aromatic N) is 1. The largest absolute Gasteiger partial charge is 0.493 e. The maximum atomic E-state index is 14.5. The molecule has 0 aromatic heterocycles. The van der Waals surface area contributed by atoms with Crippen LogP contribution in [0.1, 0.15) is 67.8 Å². The van der Waals surface area contributed by atoms with Crippen LogP contribution in [0, 0.1) is 46.4 Å². The summed E-state index contributed by atoms with van der Waals surface area (Å²) in [5.74, 6) is -6.05. The molecule has 0 unspecified atom stereocenters. The van der Waals surface area contributed by atoms with E-state index in [9.17, 15) is 22.4 Å². The lowest BCUT2D eigenvalue weighted by Crippen LogP contribution is -2.20. The quantitative estimate of drug-likeness (QED) is 0.248. The Morgan fingerprint density at radius 3 is 2.03 bits per heavy atom. The van der Waals surface area contributed by atoms with Gasteiger partial charge in [-0.05, 0) is 24.7 Å². The van der Waals surface area contributed by atoms with Crippen molar-refractivity contribution in [3.63, 3.8) is 0 Å². The molecule has 8 heteroatoms. The number of carbonyl (C=O) groups is 1. The molecule has 0 amide bonds. The van der Waals surface area contributed by atoms with E-state index in [-0.39, 0.29) is 5.75 Å². The molecule has 33 heavy (non-hydrogen) atoms. The lowest BCUT2D eigenvalue weighted by Gasteiger charge is -2.28. The first-order valence-corrected chi connectivity index (χ1v) is 11.1. The van der Waals surface area contributed by atoms with Crippen LogP contribution in [0.25, 0.3) is 0 Å². The smallest absolute Gasteiger partial charge is 0.349 e. The van der Waals surface area contributed by atoms with Crippen LogP contribution in [0.4, 0.5) is 17.6 Å². The molecule has 0 heterocycles. The van der Waals surface area contributed by atoms with Crippen molar-refractivity contribution in [2.45, 2.75) is 51.9 Å². The van der Waals surface area contributed by atoms with Gasteiger partial charge in [-0.15, -0.1) is 0 Å². The van der Waals surface area contributed by atoms with Gasteiger partial charge in [-0.25, -0.2) is 22.4 Å². The maximum absolute atomic E-state index is 14.5. The van der Waals surface area contributed by atoms with E-state index < -0.39 is 46.1 Å². The van der Waals surface area contributed by atoms with Crippen molar-refractivity contribution in [3.05, 3.63) is 58.7 Å². The van der Waals surface area contributed by atoms with Gasteiger partial charge in [0, 0.05) is 24.3 Å². The summed E-state index contributed by atoms with van der Waals surface area (Å²) in [5, 5.41) is 8.67. The highest BCUT2D eigenvalue weighted by Gasteiger charge is 2.24. The van der Waals surface area contributed by atoms with Gasteiger partial charge in [0.05, 0.1) is 6.61 Å². The first kappa shape index (κ1) is 24.6. The van der Waals surface area contributed by atoms with Gasteiger partial charge in [0.15, 0.2) is 0 Å². The SMILES string of the molecule is CCCCC1CCC(COc2cc(F)c(C(=O)Oc3cc(F)c(C#N)c(F)c3)c(F)c2)CC1.